The number of aromatic nitrogens is 3. The number of rotatable bonds is 1. The molecule has 0 bridgehead atoms. The first-order chi connectivity index (χ1) is 6.27. The second-order valence-corrected chi connectivity index (χ2v) is 2.76. The molecule has 1 aromatic heterocycles. The van der Waals surface area contributed by atoms with Crippen LogP contribution in [0, 0.1) is 6.92 Å². The van der Waals surface area contributed by atoms with Crippen LogP contribution in [0.5, 0.6) is 5.75 Å². The summed E-state index contributed by atoms with van der Waals surface area (Å²) >= 11 is 0. The lowest BCUT2D eigenvalue weighted by molar-refractivity contribution is 0.467. The molecule has 0 saturated heterocycles. The molecule has 4 heteroatoms. The minimum Gasteiger partial charge on any atom is -0.506 e. The van der Waals surface area contributed by atoms with E-state index < -0.39 is 0 Å². The van der Waals surface area contributed by atoms with Crippen molar-refractivity contribution in [3.8, 4) is 11.4 Å². The molecule has 0 aliphatic heterocycles. The van der Waals surface area contributed by atoms with Gasteiger partial charge in [0.1, 0.15) is 11.4 Å². The Labute approximate surface area is 75.4 Å². The Morgan fingerprint density at radius 2 is 2.08 bits per heavy atom. The molecule has 4 nitrogen and oxygen atoms in total. The average molecular weight is 175 g/mol. The Bertz CT molecular complexity index is 422. The van der Waals surface area contributed by atoms with Crippen LogP contribution in [0.4, 0.5) is 0 Å². The molecule has 0 amide bonds. The van der Waals surface area contributed by atoms with Crippen LogP contribution in [0.2, 0.25) is 0 Å². The van der Waals surface area contributed by atoms with Gasteiger partial charge in [0.15, 0.2) is 0 Å². The first-order valence-corrected chi connectivity index (χ1v) is 3.95. The number of benzene rings is 1. The number of aryl methyl sites for hydroxylation is 1. The summed E-state index contributed by atoms with van der Waals surface area (Å²) in [5.41, 5.74) is 1.42. The number of para-hydroxylation sites is 2. The van der Waals surface area contributed by atoms with E-state index in [1.807, 2.05) is 13.0 Å². The highest BCUT2D eigenvalue weighted by molar-refractivity contribution is 5.43. The maximum Gasteiger partial charge on any atom is 0.143 e. The predicted octanol–water partition coefficient (Wildman–Crippen LogP) is 1.28. The van der Waals surface area contributed by atoms with Crippen molar-refractivity contribution in [3.63, 3.8) is 0 Å². The number of hydrogen-bond acceptors (Lipinski definition) is 3. The topological polar surface area (TPSA) is 50.9 Å². The number of nitrogens with zero attached hydrogens (tertiary/aromatic N) is 3. The molecular formula is C9H9N3O. The van der Waals surface area contributed by atoms with Gasteiger partial charge in [-0.25, -0.2) is 0 Å². The minimum atomic E-state index is 0.179. The molecule has 0 unspecified atom stereocenters. The largest absolute Gasteiger partial charge is 0.506 e. The van der Waals surface area contributed by atoms with Gasteiger partial charge in [0.25, 0.3) is 0 Å². The molecule has 0 spiro atoms. The number of phenols is 1. The molecule has 66 valence electrons. The molecule has 0 aliphatic carbocycles. The van der Waals surface area contributed by atoms with Gasteiger partial charge in [-0.1, -0.05) is 12.1 Å². The van der Waals surface area contributed by atoms with E-state index in [0.29, 0.717) is 5.69 Å². The fourth-order valence-electron chi connectivity index (χ4n) is 1.09. The molecule has 0 atom stereocenters. The lowest BCUT2D eigenvalue weighted by Crippen LogP contribution is -1.98. The lowest BCUT2D eigenvalue weighted by atomic mass is 10.3. The van der Waals surface area contributed by atoms with Crippen LogP contribution < -0.4 is 0 Å². The molecule has 0 saturated carbocycles. The van der Waals surface area contributed by atoms with Crippen molar-refractivity contribution in [2.45, 2.75) is 6.92 Å². The highest BCUT2D eigenvalue weighted by atomic mass is 16.3. The van der Waals surface area contributed by atoms with Gasteiger partial charge < -0.3 is 5.11 Å². The summed E-state index contributed by atoms with van der Waals surface area (Å²) < 4.78 is 0. The summed E-state index contributed by atoms with van der Waals surface area (Å²) in [5, 5.41) is 17.6. The molecule has 0 radical (unpaired) electrons. The second kappa shape index (κ2) is 2.90. The van der Waals surface area contributed by atoms with E-state index in [9.17, 15) is 5.11 Å². The Hall–Kier alpha value is -1.84. The van der Waals surface area contributed by atoms with Gasteiger partial charge in [-0.2, -0.15) is 10.2 Å². The van der Waals surface area contributed by atoms with Crippen molar-refractivity contribution in [1.82, 2.24) is 15.0 Å². The zero-order valence-corrected chi connectivity index (χ0v) is 7.18. The van der Waals surface area contributed by atoms with Crippen LogP contribution in [0.25, 0.3) is 5.69 Å². The van der Waals surface area contributed by atoms with E-state index in [-0.39, 0.29) is 5.75 Å². The van der Waals surface area contributed by atoms with Gasteiger partial charge in [0.2, 0.25) is 0 Å². The number of phenolic OH excluding ortho intramolecular Hbond substituents is 1. The van der Waals surface area contributed by atoms with Crippen LogP contribution >= 0.6 is 0 Å². The molecule has 2 aromatic rings. The van der Waals surface area contributed by atoms with Crippen molar-refractivity contribution >= 4 is 0 Å². The first-order valence-electron chi connectivity index (χ1n) is 3.95. The van der Waals surface area contributed by atoms with Crippen molar-refractivity contribution in [2.24, 2.45) is 0 Å². The molecule has 13 heavy (non-hydrogen) atoms. The standard InChI is InChI=1S/C9H9N3O/c1-7-6-10-12(11-7)8-4-2-3-5-9(8)13/h2-6,13H,1H3. The molecule has 0 aliphatic rings. The van der Waals surface area contributed by atoms with E-state index in [0.717, 1.165) is 5.69 Å². The summed E-state index contributed by atoms with van der Waals surface area (Å²) in [6, 6.07) is 6.95. The normalized spacial score (nSPS) is 10.2. The fourth-order valence-corrected chi connectivity index (χ4v) is 1.09. The minimum absolute atomic E-state index is 0.179. The monoisotopic (exact) mass is 175 g/mol. The fraction of sp³-hybridized carbons (Fsp3) is 0.111. The third-order valence-corrected chi connectivity index (χ3v) is 1.70. The van der Waals surface area contributed by atoms with E-state index in [4.69, 9.17) is 0 Å². The van der Waals surface area contributed by atoms with E-state index in [1.54, 1.807) is 24.4 Å². The van der Waals surface area contributed by atoms with E-state index in [1.165, 1.54) is 4.80 Å². The smallest absolute Gasteiger partial charge is 0.143 e. The number of hydrogen-bond donors (Lipinski definition) is 1. The summed E-state index contributed by atoms with van der Waals surface area (Å²) in [6.45, 7) is 1.85. The Morgan fingerprint density at radius 1 is 1.31 bits per heavy atom. The van der Waals surface area contributed by atoms with E-state index >= 15 is 0 Å². The molecule has 1 aromatic carbocycles. The van der Waals surface area contributed by atoms with Crippen LogP contribution in [0.1, 0.15) is 5.69 Å². The van der Waals surface area contributed by atoms with Crippen LogP contribution in [-0.2, 0) is 0 Å². The van der Waals surface area contributed by atoms with Gasteiger partial charge in [0, 0.05) is 0 Å². The van der Waals surface area contributed by atoms with Crippen LogP contribution in [0.15, 0.2) is 30.5 Å². The SMILES string of the molecule is Cc1cnn(-c2ccccc2O)n1. The molecule has 1 heterocycles. The Morgan fingerprint density at radius 3 is 2.69 bits per heavy atom. The maximum atomic E-state index is 9.47. The van der Waals surface area contributed by atoms with Crippen LogP contribution in [0.3, 0.4) is 0 Å². The predicted molar refractivity (Wildman–Crippen MR) is 47.8 cm³/mol. The first kappa shape index (κ1) is 7.79. The van der Waals surface area contributed by atoms with Crippen molar-refractivity contribution in [2.75, 3.05) is 0 Å². The number of aromatic hydroxyl groups is 1. The molecule has 2 rings (SSSR count). The van der Waals surface area contributed by atoms with Crippen LogP contribution in [-0.4, -0.2) is 20.1 Å². The van der Waals surface area contributed by atoms with Crippen molar-refractivity contribution < 1.29 is 5.11 Å². The van der Waals surface area contributed by atoms with Gasteiger partial charge in [-0.05, 0) is 19.1 Å². The zero-order chi connectivity index (χ0) is 9.26. The summed E-state index contributed by atoms with van der Waals surface area (Å²) in [7, 11) is 0. The lowest BCUT2D eigenvalue weighted by Gasteiger charge is -2.00. The average Bonchev–Trinajstić information content (AvgIpc) is 2.53. The van der Waals surface area contributed by atoms with Crippen molar-refractivity contribution in [1.29, 1.82) is 0 Å². The summed E-state index contributed by atoms with van der Waals surface area (Å²) in [4.78, 5) is 1.41. The van der Waals surface area contributed by atoms with Gasteiger partial charge in [-0.15, -0.1) is 4.80 Å². The zero-order valence-electron chi connectivity index (χ0n) is 7.18. The van der Waals surface area contributed by atoms with Gasteiger partial charge in [0.05, 0.1) is 11.9 Å². The highest BCUT2D eigenvalue weighted by Crippen LogP contribution is 2.18. The Balaban J connectivity index is 2.52. The summed E-state index contributed by atoms with van der Waals surface area (Å²) in [5.74, 6) is 0.179. The molecule has 0 fully saturated rings. The van der Waals surface area contributed by atoms with E-state index in [2.05, 4.69) is 10.2 Å². The maximum absolute atomic E-state index is 9.47. The van der Waals surface area contributed by atoms with Gasteiger partial charge in [-0.3, -0.25) is 0 Å². The highest BCUT2D eigenvalue weighted by Gasteiger charge is 2.03. The molecule has 1 N–H and O–H groups in total. The van der Waals surface area contributed by atoms with Gasteiger partial charge >= 0.3 is 0 Å². The quantitative estimate of drug-likeness (QED) is 0.710. The third kappa shape index (κ3) is 1.38. The van der Waals surface area contributed by atoms with Crippen molar-refractivity contribution in [3.05, 3.63) is 36.2 Å². The molecular weight excluding hydrogens is 166 g/mol. The third-order valence-electron chi connectivity index (χ3n) is 1.70. The second-order valence-electron chi connectivity index (χ2n) is 2.76. The Kier molecular flexibility index (Phi) is 1.73. The summed E-state index contributed by atoms with van der Waals surface area (Å²) in [6.07, 6.45) is 1.65.